The molecule has 0 radical (unpaired) electrons. The fraction of sp³-hybridized carbons (Fsp3) is 0.269. The molecule has 0 saturated carbocycles. The van der Waals surface area contributed by atoms with Crippen LogP contribution in [0.4, 0.5) is 5.82 Å². The third kappa shape index (κ3) is 5.39. The van der Waals surface area contributed by atoms with Gasteiger partial charge in [-0.25, -0.2) is 19.7 Å². The number of halogens is 2. The fourth-order valence-electron chi connectivity index (χ4n) is 4.36. The molecule has 1 amide bonds. The summed E-state index contributed by atoms with van der Waals surface area (Å²) in [6.07, 6.45) is 0.509. The molecule has 4 aromatic rings. The lowest BCUT2D eigenvalue weighted by molar-refractivity contribution is -0.148. The molecule has 202 valence electrons. The lowest BCUT2D eigenvalue weighted by Gasteiger charge is -2.33. The first-order valence-corrected chi connectivity index (χ1v) is 12.8. The zero-order chi connectivity index (χ0) is 27.5. The first-order chi connectivity index (χ1) is 18.9. The fourth-order valence-corrected chi connectivity index (χ4v) is 4.70. The normalized spacial score (nSPS) is 16.2. The summed E-state index contributed by atoms with van der Waals surface area (Å²) in [5.41, 5.74) is 2.52. The number of nitrogens with zero attached hydrogens (tertiary/aromatic N) is 5. The number of rotatable bonds is 7. The highest BCUT2D eigenvalue weighted by Crippen LogP contribution is 2.35. The summed E-state index contributed by atoms with van der Waals surface area (Å²) in [6, 6.07) is 13.5. The number of benzene rings is 2. The van der Waals surface area contributed by atoms with Crippen molar-refractivity contribution in [2.75, 3.05) is 38.3 Å². The number of morpholine rings is 1. The zero-order valence-electron chi connectivity index (χ0n) is 20.8. The molecule has 1 fully saturated rings. The maximum atomic E-state index is 12.9. The number of aliphatic hydroxyl groups is 1. The summed E-state index contributed by atoms with van der Waals surface area (Å²) in [7, 11) is 1.18. The van der Waals surface area contributed by atoms with Crippen molar-refractivity contribution < 1.29 is 24.2 Å². The van der Waals surface area contributed by atoms with Crippen LogP contribution >= 0.6 is 23.2 Å². The predicted molar refractivity (Wildman–Crippen MR) is 145 cm³/mol. The number of fused-ring (bicyclic) bond motifs is 1. The Labute approximate surface area is 233 Å². The van der Waals surface area contributed by atoms with Crippen LogP contribution in [0.15, 0.2) is 54.9 Å². The summed E-state index contributed by atoms with van der Waals surface area (Å²) < 4.78 is 12.2. The molecule has 2 aromatic heterocycles. The minimum absolute atomic E-state index is 0.131. The summed E-state index contributed by atoms with van der Waals surface area (Å²) in [5.74, 6) is -0.242. The average molecular weight is 571 g/mol. The van der Waals surface area contributed by atoms with Gasteiger partial charge in [0.2, 0.25) is 0 Å². The number of carbonyl (C=O) groups is 2. The molecule has 11 nitrogen and oxygen atoms in total. The first-order valence-electron chi connectivity index (χ1n) is 12.0. The summed E-state index contributed by atoms with van der Waals surface area (Å²) in [6.45, 7) is 0.188. The maximum absolute atomic E-state index is 12.9. The topological polar surface area (TPSA) is 132 Å². The van der Waals surface area contributed by atoms with Crippen LogP contribution in [-0.4, -0.2) is 82.1 Å². The van der Waals surface area contributed by atoms with E-state index in [1.165, 1.54) is 13.4 Å². The SMILES string of the molecule is COC(=O)C(CO)NC(=O)C1CN(c2ncnc3c2nc(-c2ccccc2Cl)n3-c2ccc(Cl)cc2)CCO1. The second-order valence-electron chi connectivity index (χ2n) is 8.67. The van der Waals surface area contributed by atoms with Crippen LogP contribution in [0.5, 0.6) is 0 Å². The van der Waals surface area contributed by atoms with Gasteiger partial charge in [-0.05, 0) is 36.4 Å². The van der Waals surface area contributed by atoms with Crippen LogP contribution in [0.3, 0.4) is 0 Å². The molecule has 2 atom stereocenters. The van der Waals surface area contributed by atoms with Crippen molar-refractivity contribution in [1.29, 1.82) is 0 Å². The summed E-state index contributed by atoms with van der Waals surface area (Å²) >= 11 is 12.7. The summed E-state index contributed by atoms with van der Waals surface area (Å²) in [5, 5.41) is 13.0. The number of methoxy groups -OCH3 is 1. The van der Waals surface area contributed by atoms with Gasteiger partial charge in [0.15, 0.2) is 29.1 Å². The highest BCUT2D eigenvalue weighted by molar-refractivity contribution is 6.33. The molecule has 1 aliphatic rings. The van der Waals surface area contributed by atoms with Crippen molar-refractivity contribution in [1.82, 2.24) is 24.8 Å². The molecule has 39 heavy (non-hydrogen) atoms. The van der Waals surface area contributed by atoms with Crippen LogP contribution in [0.25, 0.3) is 28.2 Å². The van der Waals surface area contributed by atoms with Gasteiger partial charge in [-0.1, -0.05) is 35.3 Å². The Morgan fingerprint density at radius 1 is 1.18 bits per heavy atom. The number of hydrogen-bond acceptors (Lipinski definition) is 9. The molecule has 0 bridgehead atoms. The van der Waals surface area contributed by atoms with Crippen LogP contribution in [-0.2, 0) is 19.1 Å². The van der Waals surface area contributed by atoms with E-state index in [1.807, 2.05) is 39.8 Å². The molecule has 0 aliphatic carbocycles. The van der Waals surface area contributed by atoms with Crippen molar-refractivity contribution in [2.45, 2.75) is 12.1 Å². The number of nitrogens with one attached hydrogen (secondary N) is 1. The minimum Gasteiger partial charge on any atom is -0.467 e. The highest BCUT2D eigenvalue weighted by Gasteiger charge is 2.32. The van der Waals surface area contributed by atoms with Crippen molar-refractivity contribution in [2.24, 2.45) is 0 Å². The molecule has 0 spiro atoms. The number of ether oxygens (including phenoxy) is 2. The van der Waals surface area contributed by atoms with E-state index in [0.717, 1.165) is 5.69 Å². The van der Waals surface area contributed by atoms with E-state index in [9.17, 15) is 14.7 Å². The van der Waals surface area contributed by atoms with E-state index in [-0.39, 0.29) is 13.2 Å². The number of anilines is 1. The molecule has 2 N–H and O–H groups in total. The minimum atomic E-state index is -1.19. The van der Waals surface area contributed by atoms with Gasteiger partial charge in [-0.15, -0.1) is 0 Å². The molecule has 2 unspecified atom stereocenters. The van der Waals surface area contributed by atoms with Crippen molar-refractivity contribution in [3.05, 3.63) is 64.9 Å². The Bertz CT molecular complexity index is 1510. The largest absolute Gasteiger partial charge is 0.467 e. The second-order valence-corrected chi connectivity index (χ2v) is 9.51. The molecule has 13 heteroatoms. The van der Waals surface area contributed by atoms with Gasteiger partial charge < -0.3 is 24.8 Å². The molecule has 5 rings (SSSR count). The Kier molecular flexibility index (Phi) is 7.94. The molecule has 1 aliphatic heterocycles. The molecule has 3 heterocycles. The van der Waals surface area contributed by atoms with Crippen LogP contribution in [0, 0.1) is 0 Å². The maximum Gasteiger partial charge on any atom is 0.330 e. The highest BCUT2D eigenvalue weighted by atomic mass is 35.5. The van der Waals surface area contributed by atoms with Gasteiger partial charge in [-0.3, -0.25) is 9.36 Å². The van der Waals surface area contributed by atoms with Gasteiger partial charge in [0, 0.05) is 22.8 Å². The number of aromatic nitrogens is 4. The van der Waals surface area contributed by atoms with E-state index in [1.54, 1.807) is 18.2 Å². The van der Waals surface area contributed by atoms with Gasteiger partial charge >= 0.3 is 5.97 Å². The van der Waals surface area contributed by atoms with Gasteiger partial charge in [0.1, 0.15) is 12.2 Å². The smallest absolute Gasteiger partial charge is 0.330 e. The predicted octanol–water partition coefficient (Wildman–Crippen LogP) is 2.64. The number of aliphatic hydroxyl groups excluding tert-OH is 1. The third-order valence-corrected chi connectivity index (χ3v) is 6.85. The first kappa shape index (κ1) is 26.8. The molecule has 2 aromatic carbocycles. The van der Waals surface area contributed by atoms with Crippen LogP contribution in [0.1, 0.15) is 0 Å². The van der Waals surface area contributed by atoms with E-state index < -0.39 is 30.6 Å². The van der Waals surface area contributed by atoms with Gasteiger partial charge in [-0.2, -0.15) is 0 Å². The Hall–Kier alpha value is -3.77. The van der Waals surface area contributed by atoms with Gasteiger partial charge in [0.05, 0.1) is 31.9 Å². The van der Waals surface area contributed by atoms with Crippen molar-refractivity contribution in [3.63, 3.8) is 0 Å². The van der Waals surface area contributed by atoms with Crippen molar-refractivity contribution in [3.8, 4) is 17.1 Å². The lowest BCUT2D eigenvalue weighted by Crippen LogP contribution is -2.54. The van der Waals surface area contributed by atoms with Gasteiger partial charge in [0.25, 0.3) is 5.91 Å². The molecular weight excluding hydrogens is 547 g/mol. The van der Waals surface area contributed by atoms with E-state index in [0.29, 0.717) is 45.0 Å². The Morgan fingerprint density at radius 2 is 1.95 bits per heavy atom. The van der Waals surface area contributed by atoms with Crippen LogP contribution in [0.2, 0.25) is 10.0 Å². The number of hydrogen-bond donors (Lipinski definition) is 2. The quantitative estimate of drug-likeness (QED) is 0.322. The van der Waals surface area contributed by atoms with E-state index in [4.69, 9.17) is 32.9 Å². The number of amides is 1. The zero-order valence-corrected chi connectivity index (χ0v) is 22.3. The molecular formula is C26H24Cl2N6O5. The average Bonchev–Trinajstić information content (AvgIpc) is 3.35. The van der Waals surface area contributed by atoms with Crippen molar-refractivity contribution >= 4 is 52.1 Å². The molecule has 1 saturated heterocycles. The Balaban J connectivity index is 1.54. The van der Waals surface area contributed by atoms with E-state index >= 15 is 0 Å². The standard InChI is InChI=1S/C26H24Cl2N6O5/c1-38-26(37)19(13-35)31-25(36)20-12-33(10-11-39-20)23-21-24(30-14-29-23)34(16-8-6-15(27)7-9-16)22(32-21)17-4-2-3-5-18(17)28/h2-9,14,19-20,35H,10-13H2,1H3,(H,31,36). The third-order valence-electron chi connectivity index (χ3n) is 6.27. The number of imidazole rings is 1. The number of carbonyl (C=O) groups excluding carboxylic acids is 2. The number of esters is 1. The van der Waals surface area contributed by atoms with Crippen LogP contribution < -0.4 is 10.2 Å². The Morgan fingerprint density at radius 3 is 2.67 bits per heavy atom. The monoisotopic (exact) mass is 570 g/mol. The second kappa shape index (κ2) is 11.5. The van der Waals surface area contributed by atoms with E-state index in [2.05, 4.69) is 20.0 Å². The lowest BCUT2D eigenvalue weighted by atomic mass is 10.2. The summed E-state index contributed by atoms with van der Waals surface area (Å²) in [4.78, 5) is 40.5.